The van der Waals surface area contributed by atoms with E-state index in [4.69, 9.17) is 14.7 Å². The third-order valence-corrected chi connectivity index (χ3v) is 6.73. The molecule has 0 radical (unpaired) electrons. The molecule has 8 nitrogen and oxygen atoms in total. The minimum absolute atomic E-state index is 0.252. The zero-order valence-corrected chi connectivity index (χ0v) is 18.4. The fraction of sp³-hybridized carbons (Fsp3) is 0.200. The van der Waals surface area contributed by atoms with E-state index in [2.05, 4.69) is 26.1 Å². The zero-order valence-electron chi connectivity index (χ0n) is 18.4. The number of aromatic nitrogens is 5. The van der Waals surface area contributed by atoms with Crippen molar-refractivity contribution in [1.82, 2.24) is 29.6 Å². The van der Waals surface area contributed by atoms with Gasteiger partial charge in [0.25, 0.3) is 0 Å². The molecule has 0 aliphatic carbocycles. The number of rotatable bonds is 3. The van der Waals surface area contributed by atoms with Gasteiger partial charge in [0, 0.05) is 58.6 Å². The van der Waals surface area contributed by atoms with Crippen LogP contribution in [0.2, 0.25) is 0 Å². The van der Waals surface area contributed by atoms with Gasteiger partial charge in [0.05, 0.1) is 12.3 Å². The van der Waals surface area contributed by atoms with Crippen molar-refractivity contribution in [3.8, 4) is 17.1 Å². The van der Waals surface area contributed by atoms with Gasteiger partial charge in [-0.25, -0.2) is 4.39 Å². The molecule has 1 aromatic carbocycles. The number of ether oxygens (including phenoxy) is 1. The van der Waals surface area contributed by atoms with Gasteiger partial charge in [0.2, 0.25) is 0 Å². The summed E-state index contributed by atoms with van der Waals surface area (Å²) < 4.78 is 24.5. The summed E-state index contributed by atoms with van der Waals surface area (Å²) in [7, 11) is 0. The Morgan fingerprint density at radius 2 is 2.15 bits per heavy atom. The van der Waals surface area contributed by atoms with E-state index in [1.165, 1.54) is 6.07 Å². The molecule has 6 heterocycles. The molecular weight excluding hydrogens is 433 g/mol. The van der Waals surface area contributed by atoms with Crippen molar-refractivity contribution in [3.63, 3.8) is 0 Å². The molecule has 0 spiro atoms. The average molecular weight is 453 g/mol. The highest BCUT2D eigenvalue weighted by molar-refractivity contribution is 6.23. The van der Waals surface area contributed by atoms with Gasteiger partial charge in [-0.15, -0.1) is 10.2 Å². The van der Waals surface area contributed by atoms with Gasteiger partial charge in [-0.2, -0.15) is 0 Å². The highest BCUT2D eigenvalue weighted by Crippen LogP contribution is 2.33. The number of benzene rings is 1. The Balaban J connectivity index is 1.50. The second-order valence-corrected chi connectivity index (χ2v) is 8.54. The topological polar surface area (TPSA) is 82.1 Å². The molecule has 0 saturated heterocycles. The summed E-state index contributed by atoms with van der Waals surface area (Å²) in [6.07, 6.45) is 6.15. The lowest BCUT2D eigenvalue weighted by Crippen LogP contribution is -2.41. The Kier molecular flexibility index (Phi) is 4.02. The summed E-state index contributed by atoms with van der Waals surface area (Å²) in [5.74, 6) is 1.88. The van der Waals surface area contributed by atoms with Gasteiger partial charge < -0.3 is 14.6 Å². The van der Waals surface area contributed by atoms with Crippen LogP contribution in [0.5, 0.6) is 5.75 Å². The molecule has 0 unspecified atom stereocenters. The molecule has 0 amide bonds. The van der Waals surface area contributed by atoms with E-state index >= 15 is 0 Å². The number of aliphatic imine (C=N–C) groups is 1. The molecule has 4 aromatic rings. The molecular formula is C25H20FN7O. The monoisotopic (exact) mass is 453 g/mol. The van der Waals surface area contributed by atoms with Crippen LogP contribution in [-0.4, -0.2) is 36.6 Å². The van der Waals surface area contributed by atoms with Gasteiger partial charge in [-0.3, -0.25) is 14.5 Å². The highest BCUT2D eigenvalue weighted by Gasteiger charge is 2.28. The molecule has 3 aliphatic heterocycles. The third kappa shape index (κ3) is 2.63. The summed E-state index contributed by atoms with van der Waals surface area (Å²) in [5, 5.41) is 13.8. The number of hydrogen-bond acceptors (Lipinski definition) is 6. The minimum Gasteiger partial charge on any atom is -0.493 e. The van der Waals surface area contributed by atoms with Crippen molar-refractivity contribution in [3.05, 3.63) is 82.3 Å². The molecule has 34 heavy (non-hydrogen) atoms. The molecule has 9 heteroatoms. The summed E-state index contributed by atoms with van der Waals surface area (Å²) in [4.78, 5) is 9.49. The molecule has 0 atom stereocenters. The normalized spacial score (nSPS) is 15.4. The molecule has 3 aromatic heterocycles. The summed E-state index contributed by atoms with van der Waals surface area (Å²) in [5.41, 5.74) is 5.50. The lowest BCUT2D eigenvalue weighted by atomic mass is 9.98. The van der Waals surface area contributed by atoms with Crippen LogP contribution in [-0.2, 0) is 19.6 Å². The lowest BCUT2D eigenvalue weighted by molar-refractivity contribution is 0.356. The van der Waals surface area contributed by atoms with E-state index in [-0.39, 0.29) is 12.4 Å². The van der Waals surface area contributed by atoms with Crippen molar-refractivity contribution in [1.29, 1.82) is 0 Å². The van der Waals surface area contributed by atoms with Crippen LogP contribution in [0.4, 0.5) is 4.39 Å². The first-order chi connectivity index (χ1) is 16.7. The number of halogens is 1. The minimum atomic E-state index is -0.252. The second kappa shape index (κ2) is 7.11. The van der Waals surface area contributed by atoms with E-state index in [0.29, 0.717) is 36.9 Å². The van der Waals surface area contributed by atoms with Crippen LogP contribution in [0.15, 0.2) is 54.0 Å². The first kappa shape index (κ1) is 19.2. The maximum atomic E-state index is 14.9. The lowest BCUT2D eigenvalue weighted by Gasteiger charge is -2.22. The van der Waals surface area contributed by atoms with Crippen LogP contribution in [0, 0.1) is 5.82 Å². The second-order valence-electron chi connectivity index (χ2n) is 8.54. The van der Waals surface area contributed by atoms with Gasteiger partial charge in [0.1, 0.15) is 35.7 Å². The number of fused-ring (bicyclic) bond motifs is 4. The quantitative estimate of drug-likeness (QED) is 0.509. The Morgan fingerprint density at radius 3 is 3.09 bits per heavy atom. The van der Waals surface area contributed by atoms with E-state index in [9.17, 15) is 4.39 Å². The van der Waals surface area contributed by atoms with Crippen LogP contribution in [0.25, 0.3) is 22.8 Å². The summed E-state index contributed by atoms with van der Waals surface area (Å²) in [6, 6.07) is 9.19. The average Bonchev–Trinajstić information content (AvgIpc) is 3.59. The van der Waals surface area contributed by atoms with Crippen molar-refractivity contribution in [2.24, 2.45) is 4.99 Å². The summed E-state index contributed by atoms with van der Waals surface area (Å²) >= 11 is 0. The zero-order chi connectivity index (χ0) is 22.8. The van der Waals surface area contributed by atoms with Crippen LogP contribution in [0.1, 0.15) is 23.7 Å². The Hall–Kier alpha value is -4.27. The van der Waals surface area contributed by atoms with Crippen LogP contribution in [0.3, 0.4) is 0 Å². The highest BCUT2D eigenvalue weighted by atomic mass is 19.1. The molecule has 7 rings (SSSR count). The molecule has 3 aliphatic rings. The molecule has 168 valence electrons. The number of nitrogens with zero attached hydrogens (tertiary/aromatic N) is 6. The first-order valence-corrected chi connectivity index (χ1v) is 11.2. The van der Waals surface area contributed by atoms with E-state index in [1.54, 1.807) is 18.6 Å². The third-order valence-electron chi connectivity index (χ3n) is 6.73. The summed E-state index contributed by atoms with van der Waals surface area (Å²) in [6.45, 7) is 3.43. The largest absolute Gasteiger partial charge is 0.493 e. The number of pyridine rings is 1. The van der Waals surface area contributed by atoms with E-state index in [0.717, 1.165) is 44.4 Å². The van der Waals surface area contributed by atoms with Crippen LogP contribution >= 0.6 is 0 Å². The maximum Gasteiger partial charge on any atom is 0.171 e. The van der Waals surface area contributed by atoms with Crippen molar-refractivity contribution < 1.29 is 9.13 Å². The molecule has 0 fully saturated rings. The molecule has 0 saturated carbocycles. The fourth-order valence-electron chi connectivity index (χ4n) is 5.14. The van der Waals surface area contributed by atoms with Crippen molar-refractivity contribution in [2.75, 3.05) is 6.61 Å². The maximum absolute atomic E-state index is 14.9. The number of nitrogens with one attached hydrogen (secondary N) is 1. The van der Waals surface area contributed by atoms with Crippen molar-refractivity contribution in [2.45, 2.75) is 26.6 Å². The van der Waals surface area contributed by atoms with Gasteiger partial charge in [-0.05, 0) is 31.2 Å². The SMILES string of the molecule is CC1=NCn2ccc3c2C1=c1cccnc1=C(NCc1c(F)ccc2c1CCO2)n1cnnc1-3. The first-order valence-electron chi connectivity index (χ1n) is 11.2. The predicted octanol–water partition coefficient (Wildman–Crippen LogP) is 1.56. The molecule has 1 N–H and O–H groups in total. The van der Waals surface area contributed by atoms with Crippen molar-refractivity contribution >= 4 is 17.1 Å². The van der Waals surface area contributed by atoms with E-state index < -0.39 is 0 Å². The smallest absolute Gasteiger partial charge is 0.171 e. The molecule has 0 bridgehead atoms. The van der Waals surface area contributed by atoms with E-state index in [1.807, 2.05) is 29.8 Å². The standard InChI is InChI=1S/C25H20FN7O/c1-14-21-16-3-2-8-27-22(16)25(28-11-18-15-7-10-34-20(15)5-4-19(18)26)33-13-30-31-24(33)17-6-9-32(12-29-14)23(17)21/h2-6,8-9,13,28H,7,10-12H2,1H3. The predicted molar refractivity (Wildman–Crippen MR) is 124 cm³/mol. The number of hydrogen-bond donors (Lipinski definition) is 1. The Bertz CT molecular complexity index is 1650. The Morgan fingerprint density at radius 1 is 1.21 bits per heavy atom. The van der Waals surface area contributed by atoms with Gasteiger partial charge >= 0.3 is 0 Å². The fourth-order valence-corrected chi connectivity index (χ4v) is 5.14. The Labute approximate surface area is 193 Å². The van der Waals surface area contributed by atoms with Crippen LogP contribution < -0.4 is 20.6 Å². The van der Waals surface area contributed by atoms with Gasteiger partial charge in [-0.1, -0.05) is 6.07 Å². The van der Waals surface area contributed by atoms with Gasteiger partial charge in [0.15, 0.2) is 5.82 Å².